The number of nitrogens with zero attached hydrogens (tertiary/aromatic N) is 2. The maximum absolute atomic E-state index is 9.95. The second-order valence-electron chi connectivity index (χ2n) is 6.37. The molecule has 21 heavy (non-hydrogen) atoms. The van der Waals surface area contributed by atoms with Crippen molar-refractivity contribution in [2.75, 3.05) is 6.61 Å². The first-order valence-corrected chi connectivity index (χ1v) is 8.22. The maximum atomic E-state index is 9.95. The predicted molar refractivity (Wildman–Crippen MR) is 79.9 cm³/mol. The van der Waals surface area contributed by atoms with E-state index in [9.17, 15) is 5.11 Å². The maximum Gasteiger partial charge on any atom is 0.229 e. The van der Waals surface area contributed by atoms with E-state index in [0.29, 0.717) is 24.7 Å². The van der Waals surface area contributed by atoms with Gasteiger partial charge in [-0.05, 0) is 25.7 Å². The van der Waals surface area contributed by atoms with Crippen molar-refractivity contribution in [1.82, 2.24) is 10.1 Å². The fourth-order valence-corrected chi connectivity index (χ4v) is 2.95. The Labute approximate surface area is 127 Å². The van der Waals surface area contributed by atoms with E-state index in [1.807, 2.05) is 20.8 Å². The molecule has 0 aromatic carbocycles. The summed E-state index contributed by atoms with van der Waals surface area (Å²) in [6.07, 6.45) is 6.62. The van der Waals surface area contributed by atoms with Gasteiger partial charge in [0, 0.05) is 6.61 Å². The summed E-state index contributed by atoms with van der Waals surface area (Å²) in [5.41, 5.74) is -0.393. The molecule has 1 aliphatic carbocycles. The Hall–Kier alpha value is -0.940. The molecule has 0 radical (unpaired) electrons. The van der Waals surface area contributed by atoms with Crippen LogP contribution in [0.5, 0.6) is 0 Å². The van der Waals surface area contributed by atoms with Crippen molar-refractivity contribution >= 4 is 0 Å². The van der Waals surface area contributed by atoms with Gasteiger partial charge in [-0.25, -0.2) is 0 Å². The molecule has 1 aliphatic rings. The molecular weight excluding hydrogens is 268 g/mol. The first kappa shape index (κ1) is 16.4. The molecule has 2 rings (SSSR count). The van der Waals surface area contributed by atoms with Crippen molar-refractivity contribution in [1.29, 1.82) is 0 Å². The highest BCUT2D eigenvalue weighted by atomic mass is 16.5. The predicted octanol–water partition coefficient (Wildman–Crippen LogP) is 3.22. The third-order valence-corrected chi connectivity index (χ3v) is 4.36. The number of hydrogen-bond donors (Lipinski definition) is 1. The van der Waals surface area contributed by atoms with Gasteiger partial charge in [-0.1, -0.05) is 44.7 Å². The SMILES string of the molecule is CCOC1(c2noc(CC(O)C(C)C)n2)CCCCCC1. The monoisotopic (exact) mass is 296 g/mol. The molecule has 0 spiro atoms. The Morgan fingerprint density at radius 1 is 1.24 bits per heavy atom. The molecular formula is C16H28N2O3. The molecule has 1 heterocycles. The standard InChI is InChI=1S/C16H28N2O3/c1-4-20-16(9-7-5-6-8-10-16)15-17-14(21-18-15)11-13(19)12(2)3/h12-13,19H,4-11H2,1-3H3. The van der Waals surface area contributed by atoms with Gasteiger partial charge >= 0.3 is 0 Å². The lowest BCUT2D eigenvalue weighted by molar-refractivity contribution is -0.0636. The van der Waals surface area contributed by atoms with Gasteiger partial charge in [-0.15, -0.1) is 0 Å². The lowest BCUT2D eigenvalue weighted by Crippen LogP contribution is -2.31. The van der Waals surface area contributed by atoms with Crippen LogP contribution in [0.25, 0.3) is 0 Å². The smallest absolute Gasteiger partial charge is 0.229 e. The summed E-state index contributed by atoms with van der Waals surface area (Å²) < 4.78 is 11.4. The van der Waals surface area contributed by atoms with Gasteiger partial charge in [0.25, 0.3) is 0 Å². The van der Waals surface area contributed by atoms with Crippen molar-refractivity contribution in [2.24, 2.45) is 5.92 Å². The van der Waals surface area contributed by atoms with Gasteiger partial charge in [-0.3, -0.25) is 0 Å². The van der Waals surface area contributed by atoms with Crippen LogP contribution in [0.15, 0.2) is 4.52 Å². The molecule has 0 amide bonds. The summed E-state index contributed by atoms with van der Waals surface area (Å²) in [6, 6.07) is 0. The molecule has 1 saturated carbocycles. The minimum absolute atomic E-state index is 0.180. The highest BCUT2D eigenvalue weighted by Gasteiger charge is 2.38. The Kier molecular flexibility index (Phi) is 5.76. The third-order valence-electron chi connectivity index (χ3n) is 4.36. The summed E-state index contributed by atoms with van der Waals surface area (Å²) in [5, 5.41) is 14.1. The first-order chi connectivity index (χ1) is 10.1. The van der Waals surface area contributed by atoms with Crippen LogP contribution in [-0.2, 0) is 16.8 Å². The summed E-state index contributed by atoms with van der Waals surface area (Å²) in [5.74, 6) is 1.35. The Morgan fingerprint density at radius 3 is 2.48 bits per heavy atom. The van der Waals surface area contributed by atoms with Crippen LogP contribution in [0.4, 0.5) is 0 Å². The highest BCUT2D eigenvalue weighted by Crippen LogP contribution is 2.38. The molecule has 0 aliphatic heterocycles. The zero-order valence-corrected chi connectivity index (χ0v) is 13.5. The topological polar surface area (TPSA) is 68.4 Å². The second kappa shape index (κ2) is 7.36. The lowest BCUT2D eigenvalue weighted by Gasteiger charge is -2.29. The number of aromatic nitrogens is 2. The van der Waals surface area contributed by atoms with Crippen LogP contribution in [-0.4, -0.2) is 28.0 Å². The van der Waals surface area contributed by atoms with Crippen LogP contribution in [0.2, 0.25) is 0 Å². The number of aliphatic hydroxyl groups excluding tert-OH is 1. The summed E-state index contributed by atoms with van der Waals surface area (Å²) in [6.45, 7) is 6.62. The van der Waals surface area contributed by atoms with Gasteiger partial charge < -0.3 is 14.4 Å². The van der Waals surface area contributed by atoms with Crippen molar-refractivity contribution < 1.29 is 14.4 Å². The molecule has 1 atom stereocenters. The second-order valence-corrected chi connectivity index (χ2v) is 6.37. The largest absolute Gasteiger partial charge is 0.392 e. The van der Waals surface area contributed by atoms with Crippen LogP contribution in [0.1, 0.15) is 71.0 Å². The first-order valence-electron chi connectivity index (χ1n) is 8.22. The average molecular weight is 296 g/mol. The molecule has 1 fully saturated rings. The van der Waals surface area contributed by atoms with E-state index in [2.05, 4.69) is 10.1 Å². The summed E-state index contributed by atoms with van der Waals surface area (Å²) >= 11 is 0. The normalized spacial score (nSPS) is 20.4. The van der Waals surface area contributed by atoms with E-state index in [1.165, 1.54) is 12.8 Å². The van der Waals surface area contributed by atoms with E-state index >= 15 is 0 Å². The van der Waals surface area contributed by atoms with Crippen LogP contribution >= 0.6 is 0 Å². The molecule has 1 aromatic heterocycles. The molecule has 0 bridgehead atoms. The summed E-state index contributed by atoms with van der Waals surface area (Å²) in [4.78, 5) is 4.53. The van der Waals surface area contributed by atoms with Crippen LogP contribution < -0.4 is 0 Å². The molecule has 0 saturated heterocycles. The number of hydrogen-bond acceptors (Lipinski definition) is 5. The Bertz CT molecular complexity index is 423. The lowest BCUT2D eigenvalue weighted by atomic mass is 9.93. The van der Waals surface area contributed by atoms with E-state index < -0.39 is 11.7 Å². The number of rotatable bonds is 6. The fraction of sp³-hybridized carbons (Fsp3) is 0.875. The van der Waals surface area contributed by atoms with Gasteiger partial charge in [-0.2, -0.15) is 4.98 Å². The average Bonchev–Trinajstić information content (AvgIpc) is 2.78. The van der Waals surface area contributed by atoms with Crippen molar-refractivity contribution in [2.45, 2.75) is 77.4 Å². The molecule has 1 N–H and O–H groups in total. The highest BCUT2D eigenvalue weighted by molar-refractivity contribution is 5.03. The molecule has 120 valence electrons. The Morgan fingerprint density at radius 2 is 1.90 bits per heavy atom. The minimum atomic E-state index is -0.449. The van der Waals surface area contributed by atoms with Crippen molar-refractivity contribution in [3.63, 3.8) is 0 Å². The van der Waals surface area contributed by atoms with E-state index in [-0.39, 0.29) is 5.92 Å². The van der Waals surface area contributed by atoms with Gasteiger partial charge in [0.05, 0.1) is 12.5 Å². The zero-order valence-electron chi connectivity index (χ0n) is 13.5. The van der Waals surface area contributed by atoms with Crippen molar-refractivity contribution in [3.8, 4) is 0 Å². The van der Waals surface area contributed by atoms with Gasteiger partial charge in [0.1, 0.15) is 5.60 Å². The molecule has 1 unspecified atom stereocenters. The molecule has 5 heteroatoms. The van der Waals surface area contributed by atoms with E-state index in [0.717, 1.165) is 25.7 Å². The van der Waals surface area contributed by atoms with E-state index in [4.69, 9.17) is 9.26 Å². The number of ether oxygens (including phenoxy) is 1. The Balaban J connectivity index is 2.15. The van der Waals surface area contributed by atoms with Gasteiger partial charge in [0.2, 0.25) is 11.7 Å². The van der Waals surface area contributed by atoms with E-state index in [1.54, 1.807) is 0 Å². The van der Waals surface area contributed by atoms with Crippen LogP contribution in [0.3, 0.4) is 0 Å². The third kappa shape index (κ3) is 4.04. The molecule has 1 aromatic rings. The number of aliphatic hydroxyl groups is 1. The quantitative estimate of drug-likeness (QED) is 0.816. The summed E-state index contributed by atoms with van der Waals surface area (Å²) in [7, 11) is 0. The fourth-order valence-electron chi connectivity index (χ4n) is 2.95. The van der Waals surface area contributed by atoms with Gasteiger partial charge in [0.15, 0.2) is 0 Å². The van der Waals surface area contributed by atoms with Crippen LogP contribution in [0, 0.1) is 5.92 Å². The van der Waals surface area contributed by atoms with Crippen molar-refractivity contribution in [3.05, 3.63) is 11.7 Å². The molecule has 5 nitrogen and oxygen atoms in total. The zero-order chi connectivity index (χ0) is 15.3. The minimum Gasteiger partial charge on any atom is -0.392 e.